The van der Waals surface area contributed by atoms with Crippen molar-refractivity contribution in [3.05, 3.63) is 61.1 Å². The van der Waals surface area contributed by atoms with Crippen molar-refractivity contribution >= 4 is 39.7 Å². The number of anilines is 2. The third-order valence-corrected chi connectivity index (χ3v) is 5.51. The van der Waals surface area contributed by atoms with Gasteiger partial charge in [0.2, 0.25) is 5.95 Å². The van der Waals surface area contributed by atoms with Crippen LogP contribution in [0, 0.1) is 0 Å². The molecule has 0 aliphatic heterocycles. The van der Waals surface area contributed by atoms with Gasteiger partial charge in [-0.15, -0.1) is 0 Å². The van der Waals surface area contributed by atoms with E-state index in [0.29, 0.717) is 42.6 Å². The third kappa shape index (κ3) is 4.69. The number of nitrogens with one attached hydrogen (secondary N) is 2. The third-order valence-electron chi connectivity index (χ3n) is 5.51. The molecule has 11 nitrogen and oxygen atoms in total. The van der Waals surface area contributed by atoms with Crippen molar-refractivity contribution in [2.45, 2.75) is 13.0 Å². The molecule has 0 spiro atoms. The second-order valence-electron chi connectivity index (χ2n) is 7.82. The fraction of sp³-hybridized carbons (Fsp3) is 0.208. The van der Waals surface area contributed by atoms with Crippen LogP contribution in [0.5, 0.6) is 5.75 Å². The highest BCUT2D eigenvalue weighted by molar-refractivity contribution is 5.85. The summed E-state index contributed by atoms with van der Waals surface area (Å²) in [6.07, 6.45) is 3.63. The maximum atomic E-state index is 11.7. The van der Waals surface area contributed by atoms with Gasteiger partial charge in [0, 0.05) is 30.7 Å². The summed E-state index contributed by atoms with van der Waals surface area (Å²) in [6, 6.07) is 14.7. The molecule has 0 aliphatic rings. The van der Waals surface area contributed by atoms with Crippen molar-refractivity contribution in [2.24, 2.45) is 0 Å². The zero-order chi connectivity index (χ0) is 24.2. The minimum Gasteiger partial charge on any atom is -0.508 e. The van der Waals surface area contributed by atoms with Gasteiger partial charge in [-0.3, -0.25) is 4.79 Å². The number of phenols is 1. The Balaban J connectivity index is 1.44. The molecule has 0 aliphatic carbocycles. The molecular weight excluding hydrogens is 448 g/mol. The molecule has 2 aromatic carbocycles. The Hall–Kier alpha value is -4.67. The normalized spacial score (nSPS) is 11.1. The minimum atomic E-state index is -0.308. The molecule has 0 saturated heterocycles. The molecule has 0 atom stereocenters. The van der Waals surface area contributed by atoms with Gasteiger partial charge in [-0.2, -0.15) is 15.1 Å². The van der Waals surface area contributed by atoms with E-state index < -0.39 is 0 Å². The van der Waals surface area contributed by atoms with Crippen LogP contribution in [0.4, 0.5) is 11.6 Å². The molecule has 5 aromatic rings. The summed E-state index contributed by atoms with van der Waals surface area (Å²) in [5.74, 6) is 0.872. The van der Waals surface area contributed by atoms with Gasteiger partial charge in [-0.25, -0.2) is 9.67 Å². The van der Waals surface area contributed by atoms with Crippen LogP contribution in [0.15, 0.2) is 61.1 Å². The van der Waals surface area contributed by atoms with Crippen molar-refractivity contribution in [1.29, 1.82) is 0 Å². The molecule has 11 heteroatoms. The maximum absolute atomic E-state index is 11.7. The van der Waals surface area contributed by atoms with Gasteiger partial charge in [-0.05, 0) is 30.3 Å². The molecule has 0 amide bonds. The quantitative estimate of drug-likeness (QED) is 0.168. The van der Waals surface area contributed by atoms with Crippen molar-refractivity contribution < 1.29 is 14.6 Å². The molecule has 0 saturated carbocycles. The number of carbonyl (C=O) groups excluding carboxylic acids is 1. The number of aromatic nitrogens is 6. The number of rotatable bonds is 9. The first-order valence-corrected chi connectivity index (χ1v) is 11.1. The Labute approximate surface area is 200 Å². The highest BCUT2D eigenvalue weighted by Gasteiger charge is 2.17. The van der Waals surface area contributed by atoms with Gasteiger partial charge in [-0.1, -0.05) is 18.2 Å². The minimum absolute atomic E-state index is 0.200. The molecule has 3 aromatic heterocycles. The lowest BCUT2D eigenvalue weighted by Crippen LogP contribution is -2.16. The number of ether oxygens (including phenoxy) is 1. The first-order chi connectivity index (χ1) is 17.1. The number of fused-ring (bicyclic) bond motifs is 2. The van der Waals surface area contributed by atoms with Gasteiger partial charge >= 0.3 is 5.97 Å². The summed E-state index contributed by atoms with van der Waals surface area (Å²) >= 11 is 0. The fourth-order valence-corrected chi connectivity index (χ4v) is 3.73. The summed E-state index contributed by atoms with van der Waals surface area (Å²) in [6.45, 7) is 1.52. The molecule has 5 rings (SSSR count). The fourth-order valence-electron chi connectivity index (χ4n) is 3.73. The second kappa shape index (κ2) is 9.67. The number of esters is 1. The van der Waals surface area contributed by atoms with Crippen LogP contribution in [-0.2, 0) is 16.1 Å². The average Bonchev–Trinajstić information content (AvgIpc) is 3.50. The zero-order valence-electron chi connectivity index (χ0n) is 19.0. The van der Waals surface area contributed by atoms with E-state index in [9.17, 15) is 9.90 Å². The van der Waals surface area contributed by atoms with Gasteiger partial charge in [0.25, 0.3) is 0 Å². The number of aryl methyl sites for hydroxylation is 1. The first kappa shape index (κ1) is 22.1. The summed E-state index contributed by atoms with van der Waals surface area (Å²) in [5, 5.41) is 21.5. The lowest BCUT2D eigenvalue weighted by molar-refractivity contribution is -0.140. The smallest absolute Gasteiger partial charge is 0.307 e. The molecule has 0 unspecified atom stereocenters. The maximum Gasteiger partial charge on any atom is 0.307 e. The van der Waals surface area contributed by atoms with Crippen molar-refractivity contribution in [1.82, 2.24) is 29.3 Å². The van der Waals surface area contributed by atoms with Crippen LogP contribution < -0.4 is 10.6 Å². The Bertz CT molecular complexity index is 1480. The highest BCUT2D eigenvalue weighted by atomic mass is 16.5. The van der Waals surface area contributed by atoms with Crippen molar-refractivity contribution in [3.8, 4) is 11.6 Å². The standard InChI is InChI=1S/C24H24N8O3/c1-35-20(34)10-13-31-15-27-21-22(31)29-24(26-12-11-25-17-6-8-18(33)9-7-17)30-23(21)32-19-5-3-2-4-16(19)14-28-32/h2-9,14-15,25,33H,10-13H2,1H3,(H,26,29,30). The lowest BCUT2D eigenvalue weighted by Gasteiger charge is -2.11. The summed E-state index contributed by atoms with van der Waals surface area (Å²) < 4.78 is 8.33. The number of nitrogens with zero attached hydrogens (tertiary/aromatic N) is 6. The largest absolute Gasteiger partial charge is 0.508 e. The van der Waals surface area contributed by atoms with Crippen LogP contribution in [0.25, 0.3) is 27.9 Å². The van der Waals surface area contributed by atoms with E-state index in [2.05, 4.69) is 25.7 Å². The van der Waals surface area contributed by atoms with E-state index in [1.807, 2.05) is 28.8 Å². The number of methoxy groups -OCH3 is 1. The number of carbonyl (C=O) groups is 1. The number of hydrogen-bond acceptors (Lipinski definition) is 9. The van der Waals surface area contributed by atoms with E-state index >= 15 is 0 Å². The number of imidazole rings is 1. The number of para-hydroxylation sites is 1. The lowest BCUT2D eigenvalue weighted by atomic mass is 10.2. The van der Waals surface area contributed by atoms with Gasteiger partial charge in [0.1, 0.15) is 5.75 Å². The van der Waals surface area contributed by atoms with Gasteiger partial charge < -0.3 is 25.0 Å². The molecular formula is C24H24N8O3. The Morgan fingerprint density at radius 3 is 2.69 bits per heavy atom. The van der Waals surface area contributed by atoms with Crippen LogP contribution in [-0.4, -0.2) is 60.6 Å². The Morgan fingerprint density at radius 2 is 1.86 bits per heavy atom. The Kier molecular flexibility index (Phi) is 6.12. The van der Waals surface area contributed by atoms with Crippen LogP contribution >= 0.6 is 0 Å². The van der Waals surface area contributed by atoms with Crippen molar-refractivity contribution in [3.63, 3.8) is 0 Å². The number of hydrogen-bond donors (Lipinski definition) is 3. The first-order valence-electron chi connectivity index (χ1n) is 11.1. The number of phenolic OH excluding ortho intramolecular Hbond substituents is 1. The molecule has 178 valence electrons. The topological polar surface area (TPSA) is 132 Å². The van der Waals surface area contributed by atoms with Crippen LogP contribution in [0.3, 0.4) is 0 Å². The molecule has 35 heavy (non-hydrogen) atoms. The number of benzene rings is 2. The van der Waals surface area contributed by atoms with Gasteiger partial charge in [0.05, 0.1) is 31.6 Å². The van der Waals surface area contributed by atoms with E-state index in [0.717, 1.165) is 16.6 Å². The van der Waals surface area contributed by atoms with Crippen LogP contribution in [0.1, 0.15) is 6.42 Å². The predicted molar refractivity (Wildman–Crippen MR) is 132 cm³/mol. The molecule has 3 N–H and O–H groups in total. The average molecular weight is 473 g/mol. The van der Waals surface area contributed by atoms with E-state index in [-0.39, 0.29) is 18.1 Å². The SMILES string of the molecule is COC(=O)CCn1cnc2c(-n3ncc4ccccc43)nc(NCCNc3ccc(O)cc3)nc21. The summed E-state index contributed by atoms with van der Waals surface area (Å²) in [5.41, 5.74) is 2.96. The zero-order valence-corrected chi connectivity index (χ0v) is 19.0. The van der Waals surface area contributed by atoms with E-state index in [1.54, 1.807) is 41.5 Å². The summed E-state index contributed by atoms with van der Waals surface area (Å²) in [4.78, 5) is 25.6. The van der Waals surface area contributed by atoms with E-state index in [4.69, 9.17) is 9.72 Å². The predicted octanol–water partition coefficient (Wildman–Crippen LogP) is 2.96. The molecule has 3 heterocycles. The second-order valence-corrected chi connectivity index (χ2v) is 7.82. The summed E-state index contributed by atoms with van der Waals surface area (Å²) in [7, 11) is 1.37. The van der Waals surface area contributed by atoms with Crippen LogP contribution in [0.2, 0.25) is 0 Å². The van der Waals surface area contributed by atoms with Crippen molar-refractivity contribution in [2.75, 3.05) is 30.8 Å². The van der Waals surface area contributed by atoms with Gasteiger partial charge in [0.15, 0.2) is 17.0 Å². The number of aromatic hydroxyl groups is 1. The molecule has 0 bridgehead atoms. The molecule has 0 fully saturated rings. The Morgan fingerprint density at radius 1 is 1.06 bits per heavy atom. The highest BCUT2D eigenvalue weighted by Crippen LogP contribution is 2.24. The monoisotopic (exact) mass is 472 g/mol. The van der Waals surface area contributed by atoms with E-state index in [1.165, 1.54) is 7.11 Å². The molecule has 0 radical (unpaired) electrons.